The first-order chi connectivity index (χ1) is 13.6. The Kier molecular flexibility index (Phi) is 3.94. The minimum absolute atomic E-state index is 0.261. The van der Waals surface area contributed by atoms with Gasteiger partial charge in [0.05, 0.1) is 5.69 Å². The number of nitrogens with one attached hydrogen (secondary N) is 1. The summed E-state index contributed by atoms with van der Waals surface area (Å²) >= 11 is 5.82. The molecule has 0 aliphatic carbocycles. The normalized spacial score (nSPS) is 12.8. The van der Waals surface area contributed by atoms with Crippen LogP contribution in [0, 0.1) is 4.64 Å². The molecule has 5 rings (SSSR count). The quantitative estimate of drug-likeness (QED) is 0.465. The third-order valence-electron chi connectivity index (χ3n) is 5.05. The third-order valence-corrected chi connectivity index (χ3v) is 5.47. The molecule has 0 bridgehead atoms. The van der Waals surface area contributed by atoms with Crippen LogP contribution in [0.5, 0.6) is 11.5 Å². The molecule has 5 nitrogen and oxygen atoms in total. The van der Waals surface area contributed by atoms with Gasteiger partial charge in [-0.05, 0) is 35.2 Å². The summed E-state index contributed by atoms with van der Waals surface area (Å²) in [6, 6.07) is 14.2. The highest BCUT2D eigenvalue weighted by Gasteiger charge is 2.16. The van der Waals surface area contributed by atoms with Crippen molar-refractivity contribution in [1.82, 2.24) is 14.4 Å². The number of aromatic amines is 1. The van der Waals surface area contributed by atoms with E-state index in [-0.39, 0.29) is 6.79 Å². The van der Waals surface area contributed by atoms with Gasteiger partial charge in [-0.3, -0.25) is 4.40 Å². The van der Waals surface area contributed by atoms with Crippen molar-refractivity contribution >= 4 is 18.0 Å². The van der Waals surface area contributed by atoms with E-state index in [4.69, 9.17) is 21.7 Å². The number of H-pyrrole nitrogens is 1. The Morgan fingerprint density at radius 2 is 1.89 bits per heavy atom. The summed E-state index contributed by atoms with van der Waals surface area (Å²) in [6.07, 6.45) is 3.85. The molecule has 4 aromatic rings. The van der Waals surface area contributed by atoms with Crippen LogP contribution in [0.1, 0.15) is 25.3 Å². The largest absolute Gasteiger partial charge is 0.454 e. The van der Waals surface area contributed by atoms with Crippen LogP contribution in [0.15, 0.2) is 54.9 Å². The molecular weight excluding hydrogens is 370 g/mol. The Morgan fingerprint density at radius 1 is 1.07 bits per heavy atom. The number of benzene rings is 2. The molecule has 6 heteroatoms. The molecular formula is C22H19N3O2S. The Labute approximate surface area is 167 Å². The topological polar surface area (TPSA) is 51.5 Å². The van der Waals surface area contributed by atoms with Gasteiger partial charge in [0.1, 0.15) is 4.64 Å². The van der Waals surface area contributed by atoms with Crippen LogP contribution in [0.4, 0.5) is 0 Å². The molecule has 0 atom stereocenters. The van der Waals surface area contributed by atoms with Gasteiger partial charge in [0.25, 0.3) is 0 Å². The molecule has 1 aliphatic rings. The van der Waals surface area contributed by atoms with Crippen LogP contribution < -0.4 is 9.47 Å². The Balaban J connectivity index is 1.65. The van der Waals surface area contributed by atoms with Crippen molar-refractivity contribution in [2.24, 2.45) is 0 Å². The van der Waals surface area contributed by atoms with Crippen molar-refractivity contribution in [1.29, 1.82) is 0 Å². The molecule has 2 aromatic heterocycles. The highest BCUT2D eigenvalue weighted by atomic mass is 32.1. The average Bonchev–Trinajstić information content (AvgIpc) is 3.35. The fourth-order valence-corrected chi connectivity index (χ4v) is 3.91. The SMILES string of the molecule is CC(C)c1ccccc1-c1cnc2[nH]c(-c3ccc4c(c3)OCO4)cn2c1=S. The maximum atomic E-state index is 5.82. The van der Waals surface area contributed by atoms with Gasteiger partial charge in [-0.2, -0.15) is 0 Å². The number of imidazole rings is 1. The molecule has 0 radical (unpaired) electrons. The second kappa shape index (κ2) is 6.49. The van der Waals surface area contributed by atoms with Crippen LogP contribution >= 0.6 is 12.2 Å². The van der Waals surface area contributed by atoms with Gasteiger partial charge in [-0.1, -0.05) is 50.3 Å². The number of hydrogen-bond donors (Lipinski definition) is 1. The monoisotopic (exact) mass is 389 g/mol. The molecule has 1 N–H and O–H groups in total. The molecule has 28 heavy (non-hydrogen) atoms. The summed E-state index contributed by atoms with van der Waals surface area (Å²) in [5, 5.41) is 0. The number of aromatic nitrogens is 3. The maximum absolute atomic E-state index is 5.82. The predicted octanol–water partition coefficient (Wildman–Crippen LogP) is 5.58. The number of rotatable bonds is 3. The maximum Gasteiger partial charge on any atom is 0.231 e. The zero-order valence-corrected chi connectivity index (χ0v) is 16.4. The molecule has 140 valence electrons. The van der Waals surface area contributed by atoms with Gasteiger partial charge >= 0.3 is 0 Å². The number of hydrogen-bond acceptors (Lipinski definition) is 4. The number of nitrogens with zero attached hydrogens (tertiary/aromatic N) is 2. The predicted molar refractivity (Wildman–Crippen MR) is 111 cm³/mol. The van der Waals surface area contributed by atoms with E-state index < -0.39 is 0 Å². The van der Waals surface area contributed by atoms with Gasteiger partial charge in [-0.15, -0.1) is 0 Å². The smallest absolute Gasteiger partial charge is 0.231 e. The standard InChI is InChI=1S/C22H19N3O2S/c1-13(2)15-5-3-4-6-16(15)17-10-23-22-24-18(11-25(22)21(17)28)14-7-8-19-20(9-14)27-12-26-19/h3-11,13H,12H2,1-2H3,(H,23,24). The lowest BCUT2D eigenvalue weighted by molar-refractivity contribution is 0.174. The van der Waals surface area contributed by atoms with Crippen LogP contribution in [0.2, 0.25) is 0 Å². The molecule has 2 aromatic carbocycles. The fraction of sp³-hybridized carbons (Fsp3) is 0.182. The highest BCUT2D eigenvalue weighted by molar-refractivity contribution is 7.71. The summed E-state index contributed by atoms with van der Waals surface area (Å²) in [5.74, 6) is 2.63. The van der Waals surface area contributed by atoms with Crippen LogP contribution in [-0.2, 0) is 0 Å². The molecule has 0 fully saturated rings. The van der Waals surface area contributed by atoms with E-state index in [1.165, 1.54) is 5.56 Å². The van der Waals surface area contributed by atoms with Crippen molar-refractivity contribution in [3.8, 4) is 33.9 Å². The van der Waals surface area contributed by atoms with Crippen molar-refractivity contribution in [3.63, 3.8) is 0 Å². The van der Waals surface area contributed by atoms with Crippen LogP contribution in [-0.4, -0.2) is 21.2 Å². The van der Waals surface area contributed by atoms with E-state index in [0.717, 1.165) is 38.5 Å². The summed E-state index contributed by atoms with van der Waals surface area (Å²) in [6.45, 7) is 4.64. The lowest BCUT2D eigenvalue weighted by Gasteiger charge is -2.12. The van der Waals surface area contributed by atoms with Gasteiger partial charge in [0.15, 0.2) is 11.5 Å². The van der Waals surface area contributed by atoms with E-state index in [1.54, 1.807) is 0 Å². The highest BCUT2D eigenvalue weighted by Crippen LogP contribution is 2.36. The Bertz CT molecular complexity index is 1260. The first-order valence-electron chi connectivity index (χ1n) is 9.21. The second-order valence-electron chi connectivity index (χ2n) is 7.15. The minimum Gasteiger partial charge on any atom is -0.454 e. The molecule has 0 saturated heterocycles. The zero-order chi connectivity index (χ0) is 19.3. The Morgan fingerprint density at radius 3 is 2.75 bits per heavy atom. The van der Waals surface area contributed by atoms with Crippen molar-refractivity contribution in [2.75, 3.05) is 6.79 Å². The zero-order valence-electron chi connectivity index (χ0n) is 15.6. The molecule has 0 amide bonds. The van der Waals surface area contributed by atoms with Crippen molar-refractivity contribution < 1.29 is 9.47 Å². The van der Waals surface area contributed by atoms with Crippen molar-refractivity contribution in [3.05, 3.63) is 65.1 Å². The van der Waals surface area contributed by atoms with E-state index in [2.05, 4.69) is 42.0 Å². The summed E-state index contributed by atoms with van der Waals surface area (Å²) < 4.78 is 13.6. The Hall–Kier alpha value is -3.12. The summed E-state index contributed by atoms with van der Waals surface area (Å²) in [7, 11) is 0. The van der Waals surface area contributed by atoms with Crippen LogP contribution in [0.25, 0.3) is 28.2 Å². The third kappa shape index (κ3) is 2.68. The van der Waals surface area contributed by atoms with Gasteiger partial charge < -0.3 is 14.5 Å². The molecule has 1 aliphatic heterocycles. The average molecular weight is 389 g/mol. The lowest BCUT2D eigenvalue weighted by atomic mass is 9.94. The summed E-state index contributed by atoms with van der Waals surface area (Å²) in [5.41, 5.74) is 5.28. The first kappa shape index (κ1) is 17.0. The van der Waals surface area contributed by atoms with E-state index in [1.807, 2.05) is 41.1 Å². The second-order valence-corrected chi connectivity index (χ2v) is 7.54. The molecule has 0 unspecified atom stereocenters. The molecule has 3 heterocycles. The van der Waals surface area contributed by atoms with Gasteiger partial charge in [-0.25, -0.2) is 4.98 Å². The molecule has 0 spiro atoms. The minimum atomic E-state index is 0.261. The van der Waals surface area contributed by atoms with E-state index in [0.29, 0.717) is 11.7 Å². The van der Waals surface area contributed by atoms with E-state index in [9.17, 15) is 0 Å². The molecule has 0 saturated carbocycles. The number of ether oxygens (including phenoxy) is 2. The first-order valence-corrected chi connectivity index (χ1v) is 9.62. The van der Waals surface area contributed by atoms with E-state index >= 15 is 0 Å². The summed E-state index contributed by atoms with van der Waals surface area (Å²) in [4.78, 5) is 7.97. The van der Waals surface area contributed by atoms with Crippen molar-refractivity contribution in [2.45, 2.75) is 19.8 Å². The van der Waals surface area contributed by atoms with Crippen LogP contribution in [0.3, 0.4) is 0 Å². The van der Waals surface area contributed by atoms with Gasteiger partial charge in [0.2, 0.25) is 12.6 Å². The lowest BCUT2D eigenvalue weighted by Crippen LogP contribution is -1.97. The number of fused-ring (bicyclic) bond motifs is 2. The fourth-order valence-electron chi connectivity index (χ4n) is 3.60. The van der Waals surface area contributed by atoms with Gasteiger partial charge in [0, 0.05) is 23.5 Å².